The number of benzene rings is 3. The highest BCUT2D eigenvalue weighted by Crippen LogP contribution is 2.40. The summed E-state index contributed by atoms with van der Waals surface area (Å²) in [5, 5.41) is 19.7. The molecular weight excluding hydrogens is 675 g/mol. The molecule has 6 rings (SSSR count). The van der Waals surface area contributed by atoms with Gasteiger partial charge in [-0.25, -0.2) is 4.79 Å². The predicted octanol–water partition coefficient (Wildman–Crippen LogP) is 7.82. The van der Waals surface area contributed by atoms with Gasteiger partial charge in [0.05, 0.1) is 28.4 Å². The Hall–Kier alpha value is -4.51. The van der Waals surface area contributed by atoms with Crippen molar-refractivity contribution in [3.63, 3.8) is 0 Å². The number of nitrogens with zero attached hydrogens (tertiary/aromatic N) is 4. The minimum atomic E-state index is -1.06. The first-order chi connectivity index (χ1) is 23.8. The van der Waals surface area contributed by atoms with Crippen LogP contribution in [0.5, 0.6) is 5.75 Å². The molecule has 3 heterocycles. The van der Waals surface area contributed by atoms with Gasteiger partial charge in [-0.15, -0.1) is 0 Å². The first-order valence-corrected chi connectivity index (χ1v) is 17.4. The van der Waals surface area contributed by atoms with Crippen LogP contribution in [0.2, 0.25) is 10.0 Å². The number of aryl methyl sites for hydroxylation is 5. The second-order valence-corrected chi connectivity index (χ2v) is 13.9. The Morgan fingerprint density at radius 1 is 0.960 bits per heavy atom. The fraction of sp³-hybridized carbons (Fsp3) is 0.342. The average Bonchev–Trinajstić information content (AvgIpc) is 3.57. The molecule has 1 aliphatic heterocycles. The normalized spacial score (nSPS) is 13.6. The van der Waals surface area contributed by atoms with Crippen LogP contribution in [0.25, 0.3) is 22.0 Å². The van der Waals surface area contributed by atoms with Crippen LogP contribution in [0.4, 0.5) is 11.4 Å². The minimum absolute atomic E-state index is 0.106. The Labute approximate surface area is 301 Å². The molecule has 0 radical (unpaired) electrons. The zero-order valence-corrected chi connectivity index (χ0v) is 30.7. The number of carbonyl (C=O) groups is 2. The van der Waals surface area contributed by atoms with Crippen molar-refractivity contribution in [1.82, 2.24) is 19.7 Å². The molecule has 1 aliphatic rings. The van der Waals surface area contributed by atoms with Gasteiger partial charge >= 0.3 is 5.97 Å². The predicted molar refractivity (Wildman–Crippen MR) is 201 cm³/mol. The average molecular weight is 718 g/mol. The number of aromatic carboxylic acids is 1. The SMILES string of the molecule is Cc1cc(OCCCc2c(C(=O)Nc3cc(C(=O)O)cc(N4CCN(C)CC4)c3)[nH]c3c(-c4c(C)nn(C)c4C)c(Cl)ccc23)cc(C)c1Cl. The van der Waals surface area contributed by atoms with Crippen molar-refractivity contribution in [3.05, 3.63) is 91.8 Å². The number of piperazine rings is 1. The van der Waals surface area contributed by atoms with E-state index in [4.69, 9.17) is 27.9 Å². The summed E-state index contributed by atoms with van der Waals surface area (Å²) in [6, 6.07) is 12.6. The van der Waals surface area contributed by atoms with Crippen LogP contribution >= 0.6 is 23.2 Å². The van der Waals surface area contributed by atoms with Crippen molar-refractivity contribution < 1.29 is 19.4 Å². The molecule has 0 atom stereocenters. The lowest BCUT2D eigenvalue weighted by atomic mass is 9.98. The van der Waals surface area contributed by atoms with Crippen LogP contribution in [-0.4, -0.2) is 76.5 Å². The lowest BCUT2D eigenvalue weighted by Crippen LogP contribution is -2.44. The molecule has 0 bridgehead atoms. The van der Waals surface area contributed by atoms with Crippen molar-refractivity contribution in [2.45, 2.75) is 40.5 Å². The summed E-state index contributed by atoms with van der Waals surface area (Å²) in [6.07, 6.45) is 1.15. The number of carboxylic acids is 1. The second kappa shape index (κ2) is 14.4. The fourth-order valence-electron chi connectivity index (χ4n) is 6.80. The molecule has 10 nitrogen and oxygen atoms in total. The van der Waals surface area contributed by atoms with Gasteiger partial charge in [0.2, 0.25) is 0 Å². The van der Waals surface area contributed by atoms with Crippen molar-refractivity contribution >= 4 is 57.4 Å². The maximum Gasteiger partial charge on any atom is 0.335 e. The first kappa shape index (κ1) is 35.3. The Morgan fingerprint density at radius 3 is 2.30 bits per heavy atom. The summed E-state index contributed by atoms with van der Waals surface area (Å²) in [5.74, 6) is -0.697. The van der Waals surface area contributed by atoms with E-state index >= 15 is 0 Å². The number of carboxylic acid groups (broad SMARTS) is 1. The molecule has 2 aromatic heterocycles. The number of likely N-dealkylation sites (N-methyl/N-ethyl adjacent to an activating group) is 1. The topological polar surface area (TPSA) is 116 Å². The smallest absolute Gasteiger partial charge is 0.335 e. The van der Waals surface area contributed by atoms with Crippen molar-refractivity contribution in [3.8, 4) is 16.9 Å². The number of halogens is 2. The number of H-pyrrole nitrogens is 1. The third-order valence-corrected chi connectivity index (χ3v) is 10.5. The zero-order valence-electron chi connectivity index (χ0n) is 29.2. The molecule has 50 heavy (non-hydrogen) atoms. The standard InChI is InChI=1S/C38H42Cl2N6O4/c1-21-16-28(17-22(2)34(21)40)50-15-7-8-29-30-9-10-31(39)33(32-23(3)43-45(6)24(32)4)35(30)42-36(29)37(47)41-26-18-25(38(48)49)19-27(20-26)46-13-11-44(5)12-14-46/h9-10,16-20,42H,7-8,11-15H2,1-6H3,(H,41,47)(H,48,49). The largest absolute Gasteiger partial charge is 0.494 e. The third kappa shape index (κ3) is 7.06. The van der Waals surface area contributed by atoms with Gasteiger partial charge in [-0.05, 0) is 101 Å². The summed E-state index contributed by atoms with van der Waals surface area (Å²) in [6.45, 7) is 11.5. The summed E-state index contributed by atoms with van der Waals surface area (Å²) in [5.41, 5.74) is 8.55. The number of hydrogen-bond donors (Lipinski definition) is 3. The van der Waals surface area contributed by atoms with E-state index in [0.29, 0.717) is 35.9 Å². The number of rotatable bonds is 10. The van der Waals surface area contributed by atoms with E-state index in [1.54, 1.807) is 6.07 Å². The lowest BCUT2D eigenvalue weighted by molar-refractivity contribution is 0.0696. The molecule has 3 aromatic carbocycles. The van der Waals surface area contributed by atoms with Crippen LogP contribution < -0.4 is 15.0 Å². The Kier molecular flexibility index (Phi) is 10.2. The monoisotopic (exact) mass is 716 g/mol. The first-order valence-electron chi connectivity index (χ1n) is 16.7. The molecule has 262 valence electrons. The van der Waals surface area contributed by atoms with Crippen LogP contribution in [0.1, 0.15) is 55.3 Å². The second-order valence-electron chi connectivity index (χ2n) is 13.1. The number of nitrogens with one attached hydrogen (secondary N) is 2. The van der Waals surface area contributed by atoms with Crippen molar-refractivity contribution in [2.75, 3.05) is 50.1 Å². The van der Waals surface area contributed by atoms with Gasteiger partial charge in [0, 0.05) is 71.8 Å². The summed E-state index contributed by atoms with van der Waals surface area (Å²) in [7, 11) is 3.96. The van der Waals surface area contributed by atoms with E-state index in [1.165, 1.54) is 6.07 Å². The number of anilines is 2. The van der Waals surface area contributed by atoms with Crippen molar-refractivity contribution in [2.24, 2.45) is 7.05 Å². The Balaban J connectivity index is 1.37. The number of fused-ring (bicyclic) bond motifs is 1. The third-order valence-electron chi connectivity index (χ3n) is 9.56. The molecular formula is C38H42Cl2N6O4. The van der Waals surface area contributed by atoms with E-state index in [9.17, 15) is 14.7 Å². The van der Waals surface area contributed by atoms with Crippen LogP contribution in [0.15, 0.2) is 42.5 Å². The van der Waals surface area contributed by atoms with Gasteiger partial charge < -0.3 is 29.9 Å². The number of ether oxygens (including phenoxy) is 1. The van der Waals surface area contributed by atoms with Gasteiger partial charge in [-0.2, -0.15) is 5.10 Å². The van der Waals surface area contributed by atoms with E-state index in [2.05, 4.69) is 32.2 Å². The van der Waals surface area contributed by atoms with Crippen LogP contribution in [-0.2, 0) is 13.5 Å². The van der Waals surface area contributed by atoms with Gasteiger partial charge in [0.15, 0.2) is 0 Å². The fourth-order valence-corrected chi connectivity index (χ4v) is 7.16. The van der Waals surface area contributed by atoms with E-state index in [1.807, 2.05) is 69.8 Å². The van der Waals surface area contributed by atoms with Crippen LogP contribution in [0, 0.1) is 27.7 Å². The number of carbonyl (C=O) groups excluding carboxylic acids is 1. The summed E-state index contributed by atoms with van der Waals surface area (Å²) < 4.78 is 7.95. The van der Waals surface area contributed by atoms with E-state index < -0.39 is 5.97 Å². The maximum absolute atomic E-state index is 14.2. The zero-order chi connectivity index (χ0) is 35.9. The minimum Gasteiger partial charge on any atom is -0.494 e. The van der Waals surface area contributed by atoms with E-state index in [-0.39, 0.29) is 11.5 Å². The molecule has 12 heteroatoms. The molecule has 1 fully saturated rings. The van der Waals surface area contributed by atoms with Crippen LogP contribution in [0.3, 0.4) is 0 Å². The summed E-state index contributed by atoms with van der Waals surface area (Å²) >= 11 is 13.3. The van der Waals surface area contributed by atoms with Gasteiger partial charge in [-0.3, -0.25) is 9.48 Å². The number of amides is 1. The number of aromatic nitrogens is 3. The highest BCUT2D eigenvalue weighted by molar-refractivity contribution is 6.35. The molecule has 1 saturated heterocycles. The molecule has 0 spiro atoms. The van der Waals surface area contributed by atoms with Gasteiger partial charge in [0.1, 0.15) is 11.4 Å². The Bertz CT molecular complexity index is 2090. The molecule has 0 unspecified atom stereocenters. The summed E-state index contributed by atoms with van der Waals surface area (Å²) in [4.78, 5) is 34.2. The Morgan fingerprint density at radius 2 is 1.66 bits per heavy atom. The highest BCUT2D eigenvalue weighted by Gasteiger charge is 2.25. The van der Waals surface area contributed by atoms with E-state index in [0.717, 1.165) is 92.7 Å². The molecule has 0 aliphatic carbocycles. The van der Waals surface area contributed by atoms with Crippen molar-refractivity contribution in [1.29, 1.82) is 0 Å². The van der Waals surface area contributed by atoms with Gasteiger partial charge in [0.25, 0.3) is 5.91 Å². The van der Waals surface area contributed by atoms with Gasteiger partial charge in [-0.1, -0.05) is 29.3 Å². The lowest BCUT2D eigenvalue weighted by Gasteiger charge is -2.34. The molecule has 1 amide bonds. The molecule has 3 N–H and O–H groups in total. The quantitative estimate of drug-likeness (QED) is 0.126. The number of aromatic amines is 1. The molecule has 5 aromatic rings. The maximum atomic E-state index is 14.2. The highest BCUT2D eigenvalue weighted by atomic mass is 35.5. The number of hydrogen-bond acceptors (Lipinski definition) is 6. The molecule has 0 saturated carbocycles.